The van der Waals surface area contributed by atoms with Crippen molar-refractivity contribution in [3.8, 4) is 11.4 Å². The fraction of sp³-hybridized carbons (Fsp3) is 0.0625. The van der Waals surface area contributed by atoms with Gasteiger partial charge in [-0.1, -0.05) is 76.9 Å². The molecule has 3 rings (SSSR count). The highest BCUT2D eigenvalue weighted by Crippen LogP contribution is 2.32. The van der Waals surface area contributed by atoms with Crippen molar-refractivity contribution in [1.82, 2.24) is 15.2 Å². The molecule has 128 valence electrons. The average Bonchev–Trinajstić information content (AvgIpc) is 3.08. The third kappa shape index (κ3) is 4.67. The van der Waals surface area contributed by atoms with E-state index in [1.165, 1.54) is 23.9 Å². The van der Waals surface area contributed by atoms with Crippen LogP contribution in [0.25, 0.3) is 11.4 Å². The number of carbonyl (C=O) groups excluding carboxylic acids is 1. The first-order valence-corrected chi connectivity index (χ1v) is 9.20. The molecule has 3 aromatic rings. The largest absolute Gasteiger partial charge is 0.324 e. The van der Waals surface area contributed by atoms with E-state index in [1.807, 2.05) is 30.3 Å². The first-order valence-electron chi connectivity index (χ1n) is 7.08. The van der Waals surface area contributed by atoms with E-state index in [4.69, 9.17) is 34.8 Å². The van der Waals surface area contributed by atoms with Gasteiger partial charge in [-0.2, -0.15) is 0 Å². The molecule has 5 nitrogen and oxygen atoms in total. The van der Waals surface area contributed by atoms with E-state index in [0.717, 1.165) is 5.56 Å². The fourth-order valence-corrected chi connectivity index (χ4v) is 3.16. The summed E-state index contributed by atoms with van der Waals surface area (Å²) >= 11 is 19.0. The maximum Gasteiger partial charge on any atom is 0.234 e. The summed E-state index contributed by atoms with van der Waals surface area (Å²) in [6, 6.07) is 12.6. The summed E-state index contributed by atoms with van der Waals surface area (Å²) in [7, 11) is 0. The van der Waals surface area contributed by atoms with Gasteiger partial charge in [0.1, 0.15) is 0 Å². The average molecular weight is 414 g/mol. The Morgan fingerprint density at radius 3 is 2.56 bits per heavy atom. The topological polar surface area (TPSA) is 70.7 Å². The maximum absolute atomic E-state index is 12.1. The molecule has 1 heterocycles. The molecular weight excluding hydrogens is 403 g/mol. The van der Waals surface area contributed by atoms with E-state index in [1.54, 1.807) is 0 Å². The highest BCUT2D eigenvalue weighted by molar-refractivity contribution is 7.99. The second-order valence-corrected chi connectivity index (χ2v) is 7.08. The Hall–Kier alpha value is -1.73. The van der Waals surface area contributed by atoms with E-state index >= 15 is 0 Å². The summed E-state index contributed by atoms with van der Waals surface area (Å²) in [5, 5.41) is 11.1. The Labute approximate surface area is 163 Å². The van der Waals surface area contributed by atoms with Gasteiger partial charge >= 0.3 is 0 Å². The molecule has 2 aromatic carbocycles. The Morgan fingerprint density at radius 1 is 1.08 bits per heavy atom. The van der Waals surface area contributed by atoms with Crippen molar-refractivity contribution in [1.29, 1.82) is 0 Å². The summed E-state index contributed by atoms with van der Waals surface area (Å²) in [6.45, 7) is 0. The van der Waals surface area contributed by atoms with Gasteiger partial charge in [0.2, 0.25) is 11.1 Å². The second kappa shape index (κ2) is 8.10. The number of amides is 1. The van der Waals surface area contributed by atoms with Gasteiger partial charge in [-0.3, -0.25) is 9.89 Å². The molecule has 0 radical (unpaired) electrons. The molecule has 0 unspecified atom stereocenters. The van der Waals surface area contributed by atoms with Gasteiger partial charge in [0.05, 0.1) is 26.5 Å². The van der Waals surface area contributed by atoms with Gasteiger partial charge in [0.15, 0.2) is 5.82 Å². The highest BCUT2D eigenvalue weighted by atomic mass is 35.5. The predicted molar refractivity (Wildman–Crippen MR) is 103 cm³/mol. The van der Waals surface area contributed by atoms with E-state index in [2.05, 4.69) is 20.5 Å². The molecule has 9 heteroatoms. The Kier molecular flexibility index (Phi) is 5.86. The molecule has 0 saturated heterocycles. The molecule has 0 atom stereocenters. The number of thioether (sulfide) groups is 1. The zero-order chi connectivity index (χ0) is 17.8. The lowest BCUT2D eigenvalue weighted by molar-refractivity contribution is -0.113. The molecule has 0 aliphatic carbocycles. The van der Waals surface area contributed by atoms with Gasteiger partial charge in [-0.25, -0.2) is 4.98 Å². The van der Waals surface area contributed by atoms with Crippen LogP contribution < -0.4 is 5.32 Å². The van der Waals surface area contributed by atoms with Crippen molar-refractivity contribution in [2.24, 2.45) is 0 Å². The maximum atomic E-state index is 12.1. The number of hydrogen-bond donors (Lipinski definition) is 2. The first kappa shape index (κ1) is 18.1. The van der Waals surface area contributed by atoms with E-state index in [-0.39, 0.29) is 11.7 Å². The lowest BCUT2D eigenvalue weighted by Gasteiger charge is -2.08. The van der Waals surface area contributed by atoms with E-state index in [9.17, 15) is 4.79 Å². The van der Waals surface area contributed by atoms with Gasteiger partial charge in [-0.15, -0.1) is 5.10 Å². The number of carbonyl (C=O) groups is 1. The normalized spacial score (nSPS) is 10.7. The minimum atomic E-state index is -0.253. The predicted octanol–water partition coefficient (Wildman–Crippen LogP) is 5.16. The van der Waals surface area contributed by atoms with Crippen LogP contribution in [0.15, 0.2) is 47.6 Å². The zero-order valence-corrected chi connectivity index (χ0v) is 15.7. The number of nitrogens with zero attached hydrogens (tertiary/aromatic N) is 2. The molecular formula is C16H11Cl3N4OS. The van der Waals surface area contributed by atoms with Crippen molar-refractivity contribution < 1.29 is 4.79 Å². The van der Waals surface area contributed by atoms with Crippen LogP contribution in [0.1, 0.15) is 0 Å². The van der Waals surface area contributed by atoms with Crippen LogP contribution in [-0.4, -0.2) is 26.8 Å². The van der Waals surface area contributed by atoms with E-state index < -0.39 is 0 Å². The molecule has 0 aliphatic heterocycles. The summed E-state index contributed by atoms with van der Waals surface area (Å²) in [5.41, 5.74) is 1.33. The third-order valence-electron chi connectivity index (χ3n) is 3.13. The molecule has 0 fully saturated rings. The monoisotopic (exact) mass is 412 g/mol. The molecule has 0 spiro atoms. The number of nitrogens with one attached hydrogen (secondary N) is 2. The van der Waals surface area contributed by atoms with Crippen LogP contribution in [0, 0.1) is 0 Å². The Balaban J connectivity index is 1.60. The summed E-state index contributed by atoms with van der Waals surface area (Å²) < 4.78 is 0. The number of benzene rings is 2. The van der Waals surface area contributed by atoms with Crippen LogP contribution in [0.3, 0.4) is 0 Å². The van der Waals surface area contributed by atoms with Crippen LogP contribution in [-0.2, 0) is 4.79 Å². The number of aromatic amines is 1. The van der Waals surface area contributed by atoms with Gasteiger partial charge < -0.3 is 5.32 Å². The molecule has 0 aliphatic rings. The number of rotatable bonds is 5. The van der Waals surface area contributed by atoms with Crippen LogP contribution in [0.2, 0.25) is 15.1 Å². The molecule has 1 aromatic heterocycles. The minimum Gasteiger partial charge on any atom is -0.324 e. The van der Waals surface area contributed by atoms with Crippen molar-refractivity contribution in [2.45, 2.75) is 5.16 Å². The molecule has 1 amide bonds. The van der Waals surface area contributed by atoms with Crippen molar-refractivity contribution in [2.75, 3.05) is 11.1 Å². The number of anilines is 1. The molecule has 25 heavy (non-hydrogen) atoms. The van der Waals surface area contributed by atoms with Crippen LogP contribution in [0.5, 0.6) is 0 Å². The smallest absolute Gasteiger partial charge is 0.234 e. The number of hydrogen-bond acceptors (Lipinski definition) is 4. The second-order valence-electron chi connectivity index (χ2n) is 4.92. The summed E-state index contributed by atoms with van der Waals surface area (Å²) in [4.78, 5) is 16.4. The standard InChI is InChI=1S/C16H11Cl3N4OS/c17-10-6-12(19)13(7-11(10)18)20-14(24)8-25-16-21-15(22-23-16)9-4-2-1-3-5-9/h1-7H,8H2,(H,20,24)(H,21,22,23). The first-order chi connectivity index (χ1) is 12.0. The number of aromatic nitrogens is 3. The van der Waals surface area contributed by atoms with Crippen LogP contribution in [0.4, 0.5) is 5.69 Å². The van der Waals surface area contributed by atoms with Crippen molar-refractivity contribution >= 4 is 58.2 Å². The molecule has 0 saturated carbocycles. The zero-order valence-electron chi connectivity index (χ0n) is 12.6. The third-order valence-corrected chi connectivity index (χ3v) is 5.01. The Bertz CT molecular complexity index is 902. The lowest BCUT2D eigenvalue weighted by atomic mass is 10.2. The minimum absolute atomic E-state index is 0.128. The summed E-state index contributed by atoms with van der Waals surface area (Å²) in [5.74, 6) is 0.523. The van der Waals surface area contributed by atoms with Crippen molar-refractivity contribution in [3.05, 3.63) is 57.5 Å². The van der Waals surface area contributed by atoms with Gasteiger partial charge in [-0.05, 0) is 12.1 Å². The fourth-order valence-electron chi connectivity index (χ4n) is 1.97. The van der Waals surface area contributed by atoms with Crippen LogP contribution >= 0.6 is 46.6 Å². The van der Waals surface area contributed by atoms with E-state index in [0.29, 0.717) is 31.7 Å². The quantitative estimate of drug-likeness (QED) is 0.447. The van der Waals surface area contributed by atoms with Crippen molar-refractivity contribution in [3.63, 3.8) is 0 Å². The van der Waals surface area contributed by atoms with Gasteiger partial charge in [0.25, 0.3) is 0 Å². The molecule has 0 bridgehead atoms. The number of halogens is 3. The number of H-pyrrole nitrogens is 1. The SMILES string of the molecule is O=C(CSc1n[nH]c(-c2ccccc2)n1)Nc1cc(Cl)c(Cl)cc1Cl. The summed E-state index contributed by atoms with van der Waals surface area (Å²) in [6.07, 6.45) is 0. The highest BCUT2D eigenvalue weighted by Gasteiger charge is 2.12. The lowest BCUT2D eigenvalue weighted by Crippen LogP contribution is -2.14. The Morgan fingerprint density at radius 2 is 1.80 bits per heavy atom. The molecule has 2 N–H and O–H groups in total. The van der Waals surface area contributed by atoms with Gasteiger partial charge in [0, 0.05) is 5.56 Å².